The summed E-state index contributed by atoms with van der Waals surface area (Å²) in [6, 6.07) is 7.68. The maximum atomic E-state index is 12.1. The van der Waals surface area contributed by atoms with Crippen molar-refractivity contribution in [3.8, 4) is 0 Å². The Morgan fingerprint density at radius 1 is 1.15 bits per heavy atom. The lowest BCUT2D eigenvalue weighted by Gasteiger charge is -2.35. The predicted octanol–water partition coefficient (Wildman–Crippen LogP) is 3.15. The van der Waals surface area contributed by atoms with E-state index in [1.807, 2.05) is 18.2 Å². The molecule has 10 heteroatoms. The largest absolute Gasteiger partial charge is 0.354 e. The van der Waals surface area contributed by atoms with E-state index >= 15 is 0 Å². The van der Waals surface area contributed by atoms with Crippen LogP contribution in [-0.4, -0.2) is 58.7 Å². The fraction of sp³-hybridized carbons (Fsp3) is 0.294. The number of nitrogens with zero attached hydrogens (tertiary/aromatic N) is 5. The van der Waals surface area contributed by atoms with Gasteiger partial charge in [-0.15, -0.1) is 10.2 Å². The molecule has 1 N–H and O–H groups in total. The number of hydrogen-bond donors (Lipinski definition) is 1. The van der Waals surface area contributed by atoms with Crippen LogP contribution < -0.4 is 10.2 Å². The summed E-state index contributed by atoms with van der Waals surface area (Å²) in [6.45, 7) is 3.44. The summed E-state index contributed by atoms with van der Waals surface area (Å²) < 4.78 is 0. The summed E-state index contributed by atoms with van der Waals surface area (Å²) in [5, 5.41) is 12.7. The highest BCUT2D eigenvalue weighted by molar-refractivity contribution is 7.13. The van der Waals surface area contributed by atoms with Crippen molar-refractivity contribution >= 4 is 62.3 Å². The number of carbonyl (C=O) groups is 1. The van der Waals surface area contributed by atoms with Gasteiger partial charge in [0, 0.05) is 31.6 Å². The van der Waals surface area contributed by atoms with Gasteiger partial charge >= 0.3 is 0 Å². The van der Waals surface area contributed by atoms with Crippen molar-refractivity contribution in [3.63, 3.8) is 0 Å². The van der Waals surface area contributed by atoms with Crippen LogP contribution in [0.3, 0.4) is 0 Å². The lowest BCUT2D eigenvalue weighted by atomic mass is 10.2. The second-order valence-corrected chi connectivity index (χ2v) is 7.78. The quantitative estimate of drug-likeness (QED) is 0.695. The zero-order valence-corrected chi connectivity index (χ0v) is 16.6. The highest BCUT2D eigenvalue weighted by atomic mass is 35.5. The standard InChI is InChI=1S/C17H16Cl2N6OS/c18-12-3-1-11-2-4-13(21-16(11)15(12)19)25-7-5-24(6-8-25)9-14(26)22-17-23-20-10-27-17/h1-4,10H,5-9H2,(H,22,23,26). The summed E-state index contributed by atoms with van der Waals surface area (Å²) >= 11 is 13.7. The molecule has 3 aromatic rings. The third kappa shape index (κ3) is 4.14. The molecule has 1 aliphatic rings. The van der Waals surface area contributed by atoms with E-state index in [0.717, 1.165) is 37.4 Å². The third-order valence-electron chi connectivity index (χ3n) is 4.41. The van der Waals surface area contributed by atoms with Crippen molar-refractivity contribution < 1.29 is 4.79 Å². The van der Waals surface area contributed by atoms with Crippen LogP contribution in [0.4, 0.5) is 10.9 Å². The number of halogens is 2. The van der Waals surface area contributed by atoms with E-state index in [2.05, 4.69) is 25.3 Å². The van der Waals surface area contributed by atoms with Gasteiger partial charge in [-0.25, -0.2) is 4.98 Å². The number of nitrogens with one attached hydrogen (secondary N) is 1. The van der Waals surface area contributed by atoms with E-state index in [4.69, 9.17) is 28.2 Å². The van der Waals surface area contributed by atoms with Crippen LogP contribution >= 0.6 is 34.5 Å². The lowest BCUT2D eigenvalue weighted by Crippen LogP contribution is -2.48. The van der Waals surface area contributed by atoms with Gasteiger partial charge in [0.25, 0.3) is 0 Å². The average molecular weight is 423 g/mol. The Labute approximate surface area is 169 Å². The minimum Gasteiger partial charge on any atom is -0.354 e. The van der Waals surface area contributed by atoms with Crippen molar-refractivity contribution in [2.45, 2.75) is 0 Å². The van der Waals surface area contributed by atoms with Crippen molar-refractivity contribution in [2.24, 2.45) is 0 Å². The van der Waals surface area contributed by atoms with Gasteiger partial charge in [0.15, 0.2) is 0 Å². The average Bonchev–Trinajstić information content (AvgIpc) is 3.18. The minimum absolute atomic E-state index is 0.0783. The molecule has 0 bridgehead atoms. The third-order valence-corrected chi connectivity index (χ3v) is 5.81. The second kappa shape index (κ2) is 7.93. The number of benzene rings is 1. The topological polar surface area (TPSA) is 74.2 Å². The molecular formula is C17H16Cl2N6OS. The van der Waals surface area contributed by atoms with E-state index < -0.39 is 0 Å². The van der Waals surface area contributed by atoms with Crippen LogP contribution in [-0.2, 0) is 4.79 Å². The van der Waals surface area contributed by atoms with Crippen molar-refractivity contribution in [2.75, 3.05) is 42.9 Å². The van der Waals surface area contributed by atoms with Gasteiger partial charge in [-0.3, -0.25) is 15.0 Å². The van der Waals surface area contributed by atoms with E-state index in [-0.39, 0.29) is 5.91 Å². The molecule has 1 fully saturated rings. The fourth-order valence-electron chi connectivity index (χ4n) is 3.02. The molecule has 3 heterocycles. The molecule has 0 radical (unpaired) electrons. The molecule has 0 saturated carbocycles. The molecule has 7 nitrogen and oxygen atoms in total. The molecule has 140 valence electrons. The van der Waals surface area contributed by atoms with Gasteiger partial charge in [0.2, 0.25) is 11.0 Å². The number of anilines is 2. The molecular weight excluding hydrogens is 407 g/mol. The van der Waals surface area contributed by atoms with Gasteiger partial charge in [-0.1, -0.05) is 40.6 Å². The monoisotopic (exact) mass is 422 g/mol. The van der Waals surface area contributed by atoms with Crippen LogP contribution in [0, 0.1) is 0 Å². The van der Waals surface area contributed by atoms with Gasteiger partial charge in [0.1, 0.15) is 11.3 Å². The number of hydrogen-bond acceptors (Lipinski definition) is 7. The Morgan fingerprint density at radius 3 is 2.67 bits per heavy atom. The number of carbonyl (C=O) groups excluding carboxylic acids is 1. The number of amides is 1. The normalized spacial score (nSPS) is 15.3. The number of piperazine rings is 1. The summed E-state index contributed by atoms with van der Waals surface area (Å²) in [5.41, 5.74) is 2.30. The molecule has 2 aromatic heterocycles. The molecule has 0 unspecified atom stereocenters. The maximum Gasteiger partial charge on any atom is 0.240 e. The zero-order valence-electron chi connectivity index (χ0n) is 14.2. The van der Waals surface area contributed by atoms with E-state index in [0.29, 0.717) is 27.2 Å². The Morgan fingerprint density at radius 2 is 1.93 bits per heavy atom. The fourth-order valence-corrected chi connectivity index (χ4v) is 3.85. The maximum absolute atomic E-state index is 12.1. The molecule has 1 amide bonds. The number of pyridine rings is 1. The first-order chi connectivity index (χ1) is 13.1. The lowest BCUT2D eigenvalue weighted by molar-refractivity contribution is -0.117. The Hall–Kier alpha value is -2.00. The van der Waals surface area contributed by atoms with Crippen LogP contribution in [0.5, 0.6) is 0 Å². The van der Waals surface area contributed by atoms with E-state index in [1.54, 1.807) is 11.6 Å². The van der Waals surface area contributed by atoms with Crippen LogP contribution in [0.15, 0.2) is 29.8 Å². The molecule has 0 atom stereocenters. The molecule has 1 aromatic carbocycles. The van der Waals surface area contributed by atoms with Gasteiger partial charge in [-0.05, 0) is 18.2 Å². The van der Waals surface area contributed by atoms with Crippen molar-refractivity contribution in [3.05, 3.63) is 39.8 Å². The molecule has 1 aliphatic heterocycles. The van der Waals surface area contributed by atoms with Crippen LogP contribution in [0.1, 0.15) is 0 Å². The second-order valence-electron chi connectivity index (χ2n) is 6.16. The van der Waals surface area contributed by atoms with E-state index in [1.165, 1.54) is 11.3 Å². The minimum atomic E-state index is -0.0783. The Balaban J connectivity index is 1.38. The Kier molecular flexibility index (Phi) is 5.40. The molecule has 4 rings (SSSR count). The molecule has 1 saturated heterocycles. The van der Waals surface area contributed by atoms with Crippen LogP contribution in [0.25, 0.3) is 10.9 Å². The van der Waals surface area contributed by atoms with Crippen molar-refractivity contribution in [1.29, 1.82) is 0 Å². The Bertz CT molecular complexity index is 959. The first kappa shape index (κ1) is 18.4. The molecule has 0 aliphatic carbocycles. The van der Waals surface area contributed by atoms with Crippen LogP contribution in [0.2, 0.25) is 10.0 Å². The summed E-state index contributed by atoms with van der Waals surface area (Å²) in [5.74, 6) is 0.787. The zero-order chi connectivity index (χ0) is 18.8. The number of aromatic nitrogens is 3. The number of rotatable bonds is 4. The van der Waals surface area contributed by atoms with Gasteiger partial charge in [-0.2, -0.15) is 0 Å². The predicted molar refractivity (Wildman–Crippen MR) is 109 cm³/mol. The highest BCUT2D eigenvalue weighted by Crippen LogP contribution is 2.31. The first-order valence-electron chi connectivity index (χ1n) is 8.38. The number of fused-ring (bicyclic) bond motifs is 1. The SMILES string of the molecule is O=C(CN1CCN(c2ccc3ccc(Cl)c(Cl)c3n2)CC1)Nc1nncs1. The van der Waals surface area contributed by atoms with Crippen molar-refractivity contribution in [1.82, 2.24) is 20.1 Å². The van der Waals surface area contributed by atoms with Gasteiger partial charge in [0.05, 0.1) is 22.1 Å². The summed E-state index contributed by atoms with van der Waals surface area (Å²) in [6.07, 6.45) is 0. The molecule has 27 heavy (non-hydrogen) atoms. The van der Waals surface area contributed by atoms with E-state index in [9.17, 15) is 4.79 Å². The first-order valence-corrected chi connectivity index (χ1v) is 10.0. The smallest absolute Gasteiger partial charge is 0.240 e. The summed E-state index contributed by atoms with van der Waals surface area (Å²) in [4.78, 5) is 21.1. The van der Waals surface area contributed by atoms with Gasteiger partial charge < -0.3 is 4.90 Å². The molecule has 0 spiro atoms. The highest BCUT2D eigenvalue weighted by Gasteiger charge is 2.21. The summed E-state index contributed by atoms with van der Waals surface area (Å²) in [7, 11) is 0.